The summed E-state index contributed by atoms with van der Waals surface area (Å²) in [5.41, 5.74) is 3.41. The minimum atomic E-state index is -0.658. The summed E-state index contributed by atoms with van der Waals surface area (Å²) in [5.74, 6) is 1.30. The van der Waals surface area contributed by atoms with E-state index in [0.717, 1.165) is 28.3 Å². The van der Waals surface area contributed by atoms with E-state index in [4.69, 9.17) is 26.1 Å². The van der Waals surface area contributed by atoms with Gasteiger partial charge < -0.3 is 29.9 Å². The molecule has 16 heteroatoms. The Bertz CT molecular complexity index is 3350. The van der Waals surface area contributed by atoms with Crippen molar-refractivity contribution in [1.29, 1.82) is 0 Å². The molecule has 4 heterocycles. The summed E-state index contributed by atoms with van der Waals surface area (Å²) in [5, 5.41) is 6.83. The number of amides is 2. The van der Waals surface area contributed by atoms with Gasteiger partial charge in [0.15, 0.2) is 11.5 Å². The van der Waals surface area contributed by atoms with E-state index >= 15 is 0 Å². The Kier molecular flexibility index (Phi) is 15.7. The SMILES string of the molecule is COc1cc2nc(N3CCC(Cc4ccccc4)(C(=O)NCc4ccccc4)CC3)[nH]c(=O)c2cc1OC.O=C(NCc1ccccc1)C1(Cc2ccccc2)CCN(c2nc3cc(Cl)c(F)cc3c(=O)[nH]2)CC1. The zero-order valence-corrected chi connectivity index (χ0v) is 42.1. The van der Waals surface area contributed by atoms with E-state index in [2.05, 4.69) is 37.7 Å². The highest BCUT2D eigenvalue weighted by molar-refractivity contribution is 6.31. The molecule has 2 amide bonds. The Morgan fingerprint density at radius 2 is 0.932 bits per heavy atom. The molecular formula is C58H58ClFN8O6. The number of fused-ring (bicyclic) bond motifs is 2. The Morgan fingerprint density at radius 3 is 1.34 bits per heavy atom. The maximum absolute atomic E-state index is 13.8. The Labute approximate surface area is 432 Å². The third kappa shape index (κ3) is 11.6. The van der Waals surface area contributed by atoms with Gasteiger partial charge in [0.25, 0.3) is 11.1 Å². The molecule has 2 saturated heterocycles. The number of benzene rings is 6. The number of nitrogens with zero attached hydrogens (tertiary/aromatic N) is 4. The maximum atomic E-state index is 13.8. The van der Waals surface area contributed by atoms with Crippen molar-refractivity contribution < 1.29 is 23.5 Å². The lowest BCUT2D eigenvalue weighted by Gasteiger charge is -2.41. The number of carbonyl (C=O) groups excluding carboxylic acids is 2. The van der Waals surface area contributed by atoms with Gasteiger partial charge in [-0.1, -0.05) is 133 Å². The molecule has 14 nitrogen and oxygen atoms in total. The van der Waals surface area contributed by atoms with Crippen LogP contribution in [0.4, 0.5) is 16.3 Å². The van der Waals surface area contributed by atoms with E-state index in [-0.39, 0.29) is 27.8 Å². The number of carbonyl (C=O) groups is 2. The van der Waals surface area contributed by atoms with Gasteiger partial charge in [0, 0.05) is 45.3 Å². The lowest BCUT2D eigenvalue weighted by atomic mass is 9.73. The van der Waals surface area contributed by atoms with Crippen molar-refractivity contribution >= 4 is 57.1 Å². The van der Waals surface area contributed by atoms with Crippen LogP contribution >= 0.6 is 11.6 Å². The summed E-state index contributed by atoms with van der Waals surface area (Å²) in [6.07, 6.45) is 3.73. The van der Waals surface area contributed by atoms with E-state index in [1.165, 1.54) is 13.2 Å². The molecule has 0 bridgehead atoms. The molecule has 0 spiro atoms. The fourth-order valence-corrected chi connectivity index (χ4v) is 10.2. The lowest BCUT2D eigenvalue weighted by Crippen LogP contribution is -2.50. The summed E-state index contributed by atoms with van der Waals surface area (Å²) >= 11 is 5.92. The molecule has 10 rings (SSSR count). The molecule has 8 aromatic rings. The van der Waals surface area contributed by atoms with E-state index in [1.54, 1.807) is 19.2 Å². The number of halogens is 2. The van der Waals surface area contributed by atoms with Crippen LogP contribution in [0.25, 0.3) is 21.8 Å². The van der Waals surface area contributed by atoms with Gasteiger partial charge in [-0.15, -0.1) is 0 Å². The van der Waals surface area contributed by atoms with E-state index in [9.17, 15) is 23.6 Å². The number of rotatable bonds is 14. The number of aromatic nitrogens is 4. The average Bonchev–Trinajstić information content (AvgIpc) is 3.43. The fourth-order valence-electron chi connectivity index (χ4n) is 10.0. The van der Waals surface area contributed by atoms with Gasteiger partial charge in [-0.2, -0.15) is 0 Å². The van der Waals surface area contributed by atoms with E-state index < -0.39 is 22.2 Å². The van der Waals surface area contributed by atoms with Crippen LogP contribution in [-0.2, 0) is 35.5 Å². The molecule has 2 fully saturated rings. The van der Waals surface area contributed by atoms with Crippen molar-refractivity contribution in [3.05, 3.63) is 199 Å². The number of nitrogens with one attached hydrogen (secondary N) is 4. The van der Waals surface area contributed by atoms with Gasteiger partial charge in [-0.25, -0.2) is 14.4 Å². The second kappa shape index (κ2) is 22.8. The van der Waals surface area contributed by atoms with Gasteiger partial charge in [0.05, 0.1) is 51.9 Å². The van der Waals surface area contributed by atoms with Crippen LogP contribution in [0.5, 0.6) is 11.5 Å². The van der Waals surface area contributed by atoms with Gasteiger partial charge in [-0.3, -0.25) is 29.1 Å². The Balaban J connectivity index is 0.000000182. The Morgan fingerprint density at radius 1 is 0.568 bits per heavy atom. The van der Waals surface area contributed by atoms with Gasteiger partial charge in [0.1, 0.15) is 5.82 Å². The van der Waals surface area contributed by atoms with Crippen LogP contribution in [0.1, 0.15) is 47.9 Å². The first-order chi connectivity index (χ1) is 35.9. The first-order valence-electron chi connectivity index (χ1n) is 24.7. The zero-order valence-electron chi connectivity index (χ0n) is 41.3. The molecule has 6 aromatic carbocycles. The highest BCUT2D eigenvalue weighted by Crippen LogP contribution is 2.39. The molecule has 0 unspecified atom stereocenters. The predicted octanol–water partition coefficient (Wildman–Crippen LogP) is 8.95. The molecule has 2 aliphatic rings. The second-order valence-electron chi connectivity index (χ2n) is 19.0. The summed E-state index contributed by atoms with van der Waals surface area (Å²) in [6.45, 7) is 3.21. The second-order valence-corrected chi connectivity index (χ2v) is 19.4. The minimum absolute atomic E-state index is 0.0251. The highest BCUT2D eigenvalue weighted by Gasteiger charge is 2.43. The van der Waals surface area contributed by atoms with Gasteiger partial charge in [0.2, 0.25) is 23.7 Å². The quantitative estimate of drug-likeness (QED) is 0.0824. The van der Waals surface area contributed by atoms with Crippen LogP contribution in [0, 0.1) is 16.6 Å². The fraction of sp³-hybridized carbons (Fsp3) is 0.276. The molecule has 0 aliphatic carbocycles. The number of hydrogen-bond donors (Lipinski definition) is 4. The molecule has 4 N–H and O–H groups in total. The molecule has 380 valence electrons. The number of piperidine rings is 2. The normalized spacial score (nSPS) is 14.9. The average molecular weight is 1020 g/mol. The van der Waals surface area contributed by atoms with Gasteiger partial charge >= 0.3 is 0 Å². The van der Waals surface area contributed by atoms with Crippen molar-refractivity contribution in [1.82, 2.24) is 30.6 Å². The van der Waals surface area contributed by atoms with E-state index in [0.29, 0.717) is 118 Å². The van der Waals surface area contributed by atoms with Crippen molar-refractivity contribution in [2.24, 2.45) is 10.8 Å². The standard InChI is InChI=1S/C30H32N4O4.C28H26ClFN4O2/c1-37-25-17-23-24(18-26(25)38-2)32-29(33-27(23)35)34-15-13-30(14-16-34,19-21-9-5-3-6-10-21)28(36)31-20-22-11-7-4-8-12-22;29-22-16-24-21(15-23(22)30)25(35)33-27(32-24)34-13-11-28(12-14-34,17-19-7-3-1-4-8-19)26(36)31-18-20-9-5-2-6-10-20/h3-12,17-18H,13-16,19-20H2,1-2H3,(H,31,36)(H,32,33,35);1-10,15-16H,11-14,17-18H2,(H,31,36)(H,32,33,35). The zero-order chi connectivity index (χ0) is 51.7. The third-order valence-electron chi connectivity index (χ3n) is 14.3. The maximum Gasteiger partial charge on any atom is 0.260 e. The van der Waals surface area contributed by atoms with Crippen LogP contribution in [0.2, 0.25) is 5.02 Å². The number of methoxy groups -OCH3 is 2. The molecule has 2 aromatic heterocycles. The smallest absolute Gasteiger partial charge is 0.260 e. The number of anilines is 2. The van der Waals surface area contributed by atoms with Crippen LogP contribution < -0.4 is 41.0 Å². The van der Waals surface area contributed by atoms with E-state index in [1.807, 2.05) is 119 Å². The Hall–Kier alpha value is -8.04. The minimum Gasteiger partial charge on any atom is -0.493 e. The monoisotopic (exact) mass is 1020 g/mol. The molecular weight excluding hydrogens is 959 g/mol. The number of aromatic amines is 2. The summed E-state index contributed by atoms with van der Waals surface area (Å²) in [4.78, 5) is 71.8. The molecule has 0 radical (unpaired) electrons. The largest absolute Gasteiger partial charge is 0.493 e. The van der Waals surface area contributed by atoms with Crippen molar-refractivity contribution in [2.75, 3.05) is 50.2 Å². The highest BCUT2D eigenvalue weighted by atomic mass is 35.5. The number of H-pyrrole nitrogens is 2. The lowest BCUT2D eigenvalue weighted by molar-refractivity contribution is -0.133. The van der Waals surface area contributed by atoms with Crippen LogP contribution in [-0.4, -0.2) is 72.1 Å². The topological polar surface area (TPSA) is 175 Å². The summed E-state index contributed by atoms with van der Waals surface area (Å²) in [7, 11) is 3.09. The summed E-state index contributed by atoms with van der Waals surface area (Å²) in [6, 6.07) is 45.8. The van der Waals surface area contributed by atoms with Gasteiger partial charge in [-0.05, 0) is 79.0 Å². The molecule has 2 aliphatic heterocycles. The molecule has 0 saturated carbocycles. The van der Waals surface area contributed by atoms with Crippen molar-refractivity contribution in [3.63, 3.8) is 0 Å². The molecule has 74 heavy (non-hydrogen) atoms. The number of ether oxygens (including phenoxy) is 2. The first kappa shape index (κ1) is 50.9. The van der Waals surface area contributed by atoms with Crippen LogP contribution in [0.3, 0.4) is 0 Å². The number of hydrogen-bond acceptors (Lipinski definition) is 10. The van der Waals surface area contributed by atoms with Crippen molar-refractivity contribution in [2.45, 2.75) is 51.6 Å². The van der Waals surface area contributed by atoms with Crippen LogP contribution in [0.15, 0.2) is 155 Å². The summed E-state index contributed by atoms with van der Waals surface area (Å²) < 4.78 is 24.6. The predicted molar refractivity (Wildman–Crippen MR) is 287 cm³/mol. The molecule has 0 atom stereocenters. The first-order valence-corrected chi connectivity index (χ1v) is 25.1. The van der Waals surface area contributed by atoms with Crippen molar-refractivity contribution in [3.8, 4) is 11.5 Å². The third-order valence-corrected chi connectivity index (χ3v) is 14.6.